The van der Waals surface area contributed by atoms with Crippen molar-refractivity contribution in [3.8, 4) is 5.75 Å². The first-order chi connectivity index (χ1) is 17.1. The molecule has 0 aliphatic heterocycles. The zero-order chi connectivity index (χ0) is 24.5. The Morgan fingerprint density at radius 2 is 1.60 bits per heavy atom. The maximum Gasteiger partial charge on any atom is 0.236 e. The Kier molecular flexibility index (Phi) is 8.14. The molecule has 0 saturated heterocycles. The van der Waals surface area contributed by atoms with Gasteiger partial charge in [-0.25, -0.2) is 4.98 Å². The van der Waals surface area contributed by atoms with Crippen molar-refractivity contribution in [2.45, 2.75) is 25.0 Å². The minimum atomic E-state index is -1.46. The number of oxazole rings is 1. The normalized spacial score (nSPS) is 11.5. The summed E-state index contributed by atoms with van der Waals surface area (Å²) in [6, 6.07) is 27.1. The third kappa shape index (κ3) is 6.07. The van der Waals surface area contributed by atoms with E-state index in [4.69, 9.17) is 9.15 Å². The van der Waals surface area contributed by atoms with Crippen molar-refractivity contribution in [2.75, 3.05) is 20.2 Å². The standard InChI is InChI=1S/C30H32N2O3/c1-3-11-24-16-18-27(19-17-24)34-21-10-20-32(2)23-28-22-31-29(35-28)30(33,25-12-6-4-7-13-25)26-14-8-5-9-15-26/h3-9,12-19,22,33H,1,10-11,20-21,23H2,2H3. The first-order valence-corrected chi connectivity index (χ1v) is 11.9. The minimum absolute atomic E-state index is 0.265. The Morgan fingerprint density at radius 1 is 0.971 bits per heavy atom. The summed E-state index contributed by atoms with van der Waals surface area (Å²) in [6.07, 6.45) is 5.34. The van der Waals surface area contributed by atoms with Crippen molar-refractivity contribution in [1.82, 2.24) is 9.88 Å². The largest absolute Gasteiger partial charge is 0.494 e. The predicted octanol–water partition coefficient (Wildman–Crippen LogP) is 5.59. The molecule has 0 amide bonds. The van der Waals surface area contributed by atoms with Crippen LogP contribution in [0.5, 0.6) is 5.75 Å². The molecular formula is C30H32N2O3. The van der Waals surface area contributed by atoms with Gasteiger partial charge in [-0.3, -0.25) is 4.90 Å². The molecule has 0 radical (unpaired) electrons. The monoisotopic (exact) mass is 468 g/mol. The van der Waals surface area contributed by atoms with Gasteiger partial charge in [0.1, 0.15) is 11.5 Å². The van der Waals surface area contributed by atoms with E-state index in [1.54, 1.807) is 6.20 Å². The third-order valence-corrected chi connectivity index (χ3v) is 5.93. The van der Waals surface area contributed by atoms with Crippen LogP contribution in [-0.2, 0) is 18.6 Å². The van der Waals surface area contributed by atoms with Gasteiger partial charge in [0.15, 0.2) is 5.60 Å². The molecule has 1 heterocycles. The molecule has 1 N–H and O–H groups in total. The number of ether oxygens (including phenoxy) is 1. The Hall–Kier alpha value is -3.67. The zero-order valence-corrected chi connectivity index (χ0v) is 20.1. The van der Waals surface area contributed by atoms with E-state index in [-0.39, 0.29) is 5.89 Å². The van der Waals surface area contributed by atoms with Gasteiger partial charge in [0.05, 0.1) is 19.3 Å². The summed E-state index contributed by atoms with van der Waals surface area (Å²) >= 11 is 0. The number of nitrogens with zero attached hydrogens (tertiary/aromatic N) is 2. The van der Waals surface area contributed by atoms with Crippen LogP contribution in [-0.4, -0.2) is 35.2 Å². The second kappa shape index (κ2) is 11.6. The molecule has 0 bridgehead atoms. The van der Waals surface area contributed by atoms with E-state index in [0.717, 1.165) is 25.1 Å². The van der Waals surface area contributed by atoms with Crippen molar-refractivity contribution < 1.29 is 14.3 Å². The fourth-order valence-electron chi connectivity index (χ4n) is 4.08. The highest BCUT2D eigenvalue weighted by Gasteiger charge is 2.38. The third-order valence-electron chi connectivity index (χ3n) is 5.93. The van der Waals surface area contributed by atoms with Crippen molar-refractivity contribution >= 4 is 0 Å². The summed E-state index contributed by atoms with van der Waals surface area (Å²) < 4.78 is 12.0. The number of rotatable bonds is 12. The lowest BCUT2D eigenvalue weighted by molar-refractivity contribution is 0.0899. The molecule has 0 atom stereocenters. The van der Waals surface area contributed by atoms with Gasteiger partial charge < -0.3 is 14.3 Å². The maximum absolute atomic E-state index is 11.8. The van der Waals surface area contributed by atoms with E-state index in [9.17, 15) is 5.11 Å². The molecule has 5 nitrogen and oxygen atoms in total. The predicted molar refractivity (Wildman–Crippen MR) is 138 cm³/mol. The van der Waals surface area contributed by atoms with Gasteiger partial charge in [0, 0.05) is 6.54 Å². The van der Waals surface area contributed by atoms with E-state index < -0.39 is 5.60 Å². The Labute approximate surface area is 207 Å². The number of aliphatic hydroxyl groups is 1. The first-order valence-electron chi connectivity index (χ1n) is 11.9. The van der Waals surface area contributed by atoms with E-state index in [2.05, 4.69) is 28.6 Å². The molecule has 1 aromatic heterocycles. The summed E-state index contributed by atoms with van der Waals surface area (Å²) in [4.78, 5) is 6.63. The number of aromatic nitrogens is 1. The Morgan fingerprint density at radius 3 is 2.20 bits per heavy atom. The lowest BCUT2D eigenvalue weighted by Crippen LogP contribution is -2.29. The quantitative estimate of drug-likeness (QED) is 0.217. The van der Waals surface area contributed by atoms with E-state index in [0.29, 0.717) is 30.0 Å². The van der Waals surface area contributed by atoms with E-state index in [1.807, 2.05) is 85.9 Å². The Balaban J connectivity index is 1.35. The van der Waals surface area contributed by atoms with Gasteiger partial charge in [-0.15, -0.1) is 6.58 Å². The van der Waals surface area contributed by atoms with Crippen LogP contribution in [0.2, 0.25) is 0 Å². The lowest BCUT2D eigenvalue weighted by atomic mass is 9.86. The van der Waals surface area contributed by atoms with Crippen LogP contribution >= 0.6 is 0 Å². The molecule has 0 saturated carbocycles. The van der Waals surface area contributed by atoms with Crippen LogP contribution in [0.3, 0.4) is 0 Å². The number of hydrogen-bond acceptors (Lipinski definition) is 5. The highest BCUT2D eigenvalue weighted by molar-refractivity contribution is 5.41. The lowest BCUT2D eigenvalue weighted by Gasteiger charge is -2.26. The second-order valence-corrected chi connectivity index (χ2v) is 8.65. The molecule has 0 spiro atoms. The summed E-state index contributed by atoms with van der Waals surface area (Å²) in [5.41, 5.74) is 1.18. The molecule has 0 fully saturated rings. The summed E-state index contributed by atoms with van der Waals surface area (Å²) in [5.74, 6) is 1.84. The second-order valence-electron chi connectivity index (χ2n) is 8.65. The molecule has 4 aromatic rings. The number of allylic oxidation sites excluding steroid dienone is 1. The average Bonchev–Trinajstić information content (AvgIpc) is 3.37. The highest BCUT2D eigenvalue weighted by Crippen LogP contribution is 2.36. The molecule has 5 heteroatoms. The van der Waals surface area contributed by atoms with Gasteiger partial charge in [-0.1, -0.05) is 78.9 Å². The number of hydrogen-bond donors (Lipinski definition) is 1. The molecular weight excluding hydrogens is 436 g/mol. The van der Waals surface area contributed by atoms with Crippen LogP contribution in [0, 0.1) is 0 Å². The molecule has 0 unspecified atom stereocenters. The maximum atomic E-state index is 11.8. The van der Waals surface area contributed by atoms with Gasteiger partial charge in [-0.05, 0) is 48.7 Å². The molecule has 0 aliphatic rings. The topological polar surface area (TPSA) is 58.7 Å². The van der Waals surface area contributed by atoms with Crippen LogP contribution in [0.1, 0.15) is 34.8 Å². The van der Waals surface area contributed by atoms with Crippen molar-refractivity contribution in [3.05, 3.63) is 132 Å². The number of benzene rings is 3. The Bertz CT molecular complexity index is 1150. The van der Waals surface area contributed by atoms with Crippen LogP contribution in [0.15, 0.2) is 108 Å². The molecule has 4 rings (SSSR count). The van der Waals surface area contributed by atoms with Gasteiger partial charge in [-0.2, -0.15) is 0 Å². The fraction of sp³-hybridized carbons (Fsp3) is 0.233. The average molecular weight is 469 g/mol. The van der Waals surface area contributed by atoms with Crippen LogP contribution in [0.25, 0.3) is 0 Å². The summed E-state index contributed by atoms with van der Waals surface area (Å²) in [5, 5.41) is 11.8. The summed E-state index contributed by atoms with van der Waals surface area (Å²) in [7, 11) is 2.03. The van der Waals surface area contributed by atoms with E-state index >= 15 is 0 Å². The minimum Gasteiger partial charge on any atom is -0.494 e. The van der Waals surface area contributed by atoms with Crippen molar-refractivity contribution in [3.63, 3.8) is 0 Å². The highest BCUT2D eigenvalue weighted by atomic mass is 16.5. The zero-order valence-electron chi connectivity index (χ0n) is 20.1. The molecule has 180 valence electrons. The van der Waals surface area contributed by atoms with Crippen molar-refractivity contribution in [1.29, 1.82) is 0 Å². The van der Waals surface area contributed by atoms with Gasteiger partial charge >= 0.3 is 0 Å². The first kappa shape index (κ1) is 24.5. The summed E-state index contributed by atoms with van der Waals surface area (Å²) in [6.45, 7) is 5.83. The SMILES string of the molecule is C=CCc1ccc(OCCCN(C)Cc2cnc(C(O)(c3ccccc3)c3ccccc3)o2)cc1. The van der Waals surface area contributed by atoms with Crippen molar-refractivity contribution in [2.24, 2.45) is 0 Å². The van der Waals surface area contributed by atoms with Gasteiger partial charge in [0.25, 0.3) is 0 Å². The van der Waals surface area contributed by atoms with Crippen LogP contribution < -0.4 is 4.74 Å². The molecule has 3 aromatic carbocycles. The van der Waals surface area contributed by atoms with Crippen LogP contribution in [0.4, 0.5) is 0 Å². The van der Waals surface area contributed by atoms with Gasteiger partial charge in [0.2, 0.25) is 5.89 Å². The van der Waals surface area contributed by atoms with E-state index in [1.165, 1.54) is 5.56 Å². The smallest absolute Gasteiger partial charge is 0.236 e. The molecule has 0 aliphatic carbocycles. The fourth-order valence-corrected chi connectivity index (χ4v) is 4.08. The molecule has 35 heavy (non-hydrogen) atoms.